The van der Waals surface area contributed by atoms with Gasteiger partial charge in [-0.2, -0.15) is 0 Å². The number of nitrogens with zero attached hydrogens (tertiary/aromatic N) is 3. The summed E-state index contributed by atoms with van der Waals surface area (Å²) in [6.45, 7) is 6.46. The number of likely N-dealkylation sites (tertiary alicyclic amines) is 1. The monoisotopic (exact) mass is 439 g/mol. The Bertz CT molecular complexity index is 980. The van der Waals surface area contributed by atoms with Gasteiger partial charge in [0.25, 0.3) is 11.6 Å². The highest BCUT2D eigenvalue weighted by Gasteiger charge is 2.28. The van der Waals surface area contributed by atoms with Crippen molar-refractivity contribution >= 4 is 23.2 Å². The number of piperidine rings is 1. The molecule has 2 heterocycles. The molecule has 2 aromatic rings. The van der Waals surface area contributed by atoms with Gasteiger partial charge >= 0.3 is 0 Å². The smallest absolute Gasteiger partial charge is 0.293 e. The lowest BCUT2D eigenvalue weighted by Gasteiger charge is -2.33. The third kappa shape index (κ3) is 5.60. The summed E-state index contributed by atoms with van der Waals surface area (Å²) in [7, 11) is 0. The number of amides is 2. The first-order valence-corrected chi connectivity index (χ1v) is 10.8. The van der Waals surface area contributed by atoms with Crippen molar-refractivity contribution in [2.75, 3.05) is 18.4 Å². The summed E-state index contributed by atoms with van der Waals surface area (Å²) < 4.78 is 0. The molecule has 2 N–H and O–H groups in total. The molecule has 1 aliphatic rings. The van der Waals surface area contributed by atoms with Crippen molar-refractivity contribution in [2.45, 2.75) is 45.7 Å². The largest absolute Gasteiger partial charge is 0.371 e. The van der Waals surface area contributed by atoms with E-state index in [9.17, 15) is 19.7 Å². The molecule has 170 valence electrons. The van der Waals surface area contributed by atoms with E-state index in [1.54, 1.807) is 29.3 Å². The van der Waals surface area contributed by atoms with Gasteiger partial charge in [-0.1, -0.05) is 19.9 Å². The van der Waals surface area contributed by atoms with Crippen LogP contribution in [0.3, 0.4) is 0 Å². The van der Waals surface area contributed by atoms with Crippen LogP contribution in [-0.2, 0) is 4.79 Å². The minimum Gasteiger partial charge on any atom is -0.371 e. The fourth-order valence-corrected chi connectivity index (χ4v) is 3.71. The molecule has 2 unspecified atom stereocenters. The van der Waals surface area contributed by atoms with E-state index in [4.69, 9.17) is 0 Å². The third-order valence-electron chi connectivity index (χ3n) is 5.52. The van der Waals surface area contributed by atoms with Crippen LogP contribution in [0.5, 0.6) is 0 Å². The second-order valence-electron chi connectivity index (χ2n) is 8.36. The minimum atomic E-state index is -0.494. The van der Waals surface area contributed by atoms with E-state index in [1.165, 1.54) is 6.07 Å². The van der Waals surface area contributed by atoms with Crippen molar-refractivity contribution in [3.63, 3.8) is 0 Å². The maximum Gasteiger partial charge on any atom is 0.293 e. The lowest BCUT2D eigenvalue weighted by atomic mass is 10.0. The molecule has 1 aromatic heterocycles. The standard InChI is InChI=1S/C23H29N5O4/c1-15(2)22(29)26-18-7-6-12-27(14-18)23(30)17-9-10-20(21(13-17)28(31)32)25-16(3)19-8-4-5-11-24-19/h4-5,8-11,13,15-16,18,25H,6-7,12,14H2,1-3H3,(H,26,29). The van der Waals surface area contributed by atoms with Crippen LogP contribution in [0.1, 0.15) is 55.7 Å². The Morgan fingerprint density at radius 1 is 1.22 bits per heavy atom. The number of nitrogens with one attached hydrogen (secondary N) is 2. The van der Waals surface area contributed by atoms with Gasteiger partial charge in [-0.3, -0.25) is 24.7 Å². The van der Waals surface area contributed by atoms with E-state index in [1.807, 2.05) is 32.9 Å². The van der Waals surface area contributed by atoms with Gasteiger partial charge < -0.3 is 15.5 Å². The number of aromatic nitrogens is 1. The molecule has 1 fully saturated rings. The van der Waals surface area contributed by atoms with Gasteiger partial charge in [0, 0.05) is 42.9 Å². The first-order valence-electron chi connectivity index (χ1n) is 10.8. The van der Waals surface area contributed by atoms with Crippen LogP contribution in [-0.4, -0.2) is 45.8 Å². The van der Waals surface area contributed by atoms with Gasteiger partial charge in [0.05, 0.1) is 16.7 Å². The molecular weight excluding hydrogens is 410 g/mol. The van der Waals surface area contributed by atoms with E-state index in [-0.39, 0.29) is 41.1 Å². The molecule has 32 heavy (non-hydrogen) atoms. The van der Waals surface area contributed by atoms with Gasteiger partial charge in [0.1, 0.15) is 5.69 Å². The summed E-state index contributed by atoms with van der Waals surface area (Å²) in [5, 5.41) is 17.8. The molecule has 0 spiro atoms. The van der Waals surface area contributed by atoms with Crippen LogP contribution in [0.2, 0.25) is 0 Å². The second-order valence-corrected chi connectivity index (χ2v) is 8.36. The predicted octanol–water partition coefficient (Wildman–Crippen LogP) is 3.54. The Balaban J connectivity index is 1.75. The Labute approximate surface area is 187 Å². The topological polar surface area (TPSA) is 117 Å². The normalized spacial score (nSPS) is 17.0. The highest BCUT2D eigenvalue weighted by Crippen LogP contribution is 2.29. The van der Waals surface area contributed by atoms with Crippen LogP contribution in [0.25, 0.3) is 0 Å². The van der Waals surface area contributed by atoms with Crippen LogP contribution < -0.4 is 10.6 Å². The summed E-state index contributed by atoms with van der Waals surface area (Å²) in [4.78, 5) is 42.2. The summed E-state index contributed by atoms with van der Waals surface area (Å²) in [5.74, 6) is -0.449. The summed E-state index contributed by atoms with van der Waals surface area (Å²) in [5.41, 5.74) is 1.17. The molecule has 9 nitrogen and oxygen atoms in total. The van der Waals surface area contributed by atoms with E-state index >= 15 is 0 Å². The Kier molecular flexibility index (Phi) is 7.40. The van der Waals surface area contributed by atoms with E-state index in [0.29, 0.717) is 18.8 Å². The first kappa shape index (κ1) is 23.2. The van der Waals surface area contributed by atoms with E-state index < -0.39 is 4.92 Å². The average Bonchev–Trinajstić information content (AvgIpc) is 2.79. The van der Waals surface area contributed by atoms with Crippen LogP contribution in [0.15, 0.2) is 42.6 Å². The number of nitro groups is 1. The van der Waals surface area contributed by atoms with Gasteiger partial charge in [0.15, 0.2) is 0 Å². The fraction of sp³-hybridized carbons (Fsp3) is 0.435. The lowest BCUT2D eigenvalue weighted by Crippen LogP contribution is -2.50. The Morgan fingerprint density at radius 3 is 2.66 bits per heavy atom. The molecule has 2 amide bonds. The van der Waals surface area contributed by atoms with Gasteiger partial charge in [0.2, 0.25) is 5.91 Å². The Morgan fingerprint density at radius 2 is 2.00 bits per heavy atom. The maximum absolute atomic E-state index is 13.1. The molecular formula is C23H29N5O4. The van der Waals surface area contributed by atoms with Crippen LogP contribution >= 0.6 is 0 Å². The zero-order valence-corrected chi connectivity index (χ0v) is 18.6. The quantitative estimate of drug-likeness (QED) is 0.503. The molecule has 1 saturated heterocycles. The SMILES string of the molecule is CC(C)C(=O)NC1CCCN(C(=O)c2ccc(NC(C)c3ccccn3)c([N+](=O)[O-])c2)C1. The van der Waals surface area contributed by atoms with Crippen molar-refractivity contribution in [3.05, 3.63) is 64.0 Å². The summed E-state index contributed by atoms with van der Waals surface area (Å²) in [6.07, 6.45) is 3.23. The molecule has 1 aromatic carbocycles. The van der Waals surface area contributed by atoms with Crippen LogP contribution in [0, 0.1) is 16.0 Å². The zero-order chi connectivity index (χ0) is 23.3. The third-order valence-corrected chi connectivity index (χ3v) is 5.52. The minimum absolute atomic E-state index is 0.0441. The molecule has 2 atom stereocenters. The number of hydrogen-bond donors (Lipinski definition) is 2. The fourth-order valence-electron chi connectivity index (χ4n) is 3.71. The number of benzene rings is 1. The number of carbonyl (C=O) groups is 2. The number of nitro benzene ring substituents is 1. The number of hydrogen-bond acceptors (Lipinski definition) is 6. The van der Waals surface area contributed by atoms with E-state index in [0.717, 1.165) is 18.5 Å². The van der Waals surface area contributed by atoms with Gasteiger partial charge in [-0.05, 0) is 44.0 Å². The highest BCUT2D eigenvalue weighted by molar-refractivity contribution is 5.96. The van der Waals surface area contributed by atoms with E-state index in [2.05, 4.69) is 15.6 Å². The van der Waals surface area contributed by atoms with Crippen molar-refractivity contribution < 1.29 is 14.5 Å². The summed E-state index contributed by atoms with van der Waals surface area (Å²) >= 11 is 0. The summed E-state index contributed by atoms with van der Waals surface area (Å²) in [6, 6.07) is 9.61. The molecule has 0 bridgehead atoms. The highest BCUT2D eigenvalue weighted by atomic mass is 16.6. The molecule has 0 aliphatic carbocycles. The molecule has 0 radical (unpaired) electrons. The maximum atomic E-state index is 13.1. The van der Waals surface area contributed by atoms with Crippen molar-refractivity contribution in [1.29, 1.82) is 0 Å². The zero-order valence-electron chi connectivity index (χ0n) is 18.6. The lowest BCUT2D eigenvalue weighted by molar-refractivity contribution is -0.384. The number of rotatable bonds is 7. The van der Waals surface area contributed by atoms with Gasteiger partial charge in [-0.15, -0.1) is 0 Å². The molecule has 9 heteroatoms. The van der Waals surface area contributed by atoms with Crippen molar-refractivity contribution in [3.8, 4) is 0 Å². The number of pyridine rings is 1. The predicted molar refractivity (Wildman–Crippen MR) is 121 cm³/mol. The number of anilines is 1. The second kappa shape index (κ2) is 10.2. The first-order chi connectivity index (χ1) is 15.3. The molecule has 3 rings (SSSR count). The number of carbonyl (C=O) groups excluding carboxylic acids is 2. The molecule has 1 aliphatic heterocycles. The van der Waals surface area contributed by atoms with Crippen molar-refractivity contribution in [1.82, 2.24) is 15.2 Å². The van der Waals surface area contributed by atoms with Gasteiger partial charge in [-0.25, -0.2) is 0 Å². The van der Waals surface area contributed by atoms with Crippen LogP contribution in [0.4, 0.5) is 11.4 Å². The van der Waals surface area contributed by atoms with Crippen molar-refractivity contribution in [2.24, 2.45) is 5.92 Å². The molecule has 0 saturated carbocycles. The Hall–Kier alpha value is -3.49. The average molecular weight is 440 g/mol.